The Labute approximate surface area is 99.1 Å². The molecule has 0 spiro atoms. The van der Waals surface area contributed by atoms with E-state index < -0.39 is 0 Å². The monoisotopic (exact) mass is 224 g/mol. The predicted octanol–water partition coefficient (Wildman–Crippen LogP) is 2.02. The minimum Gasteiger partial charge on any atom is -0.396 e. The highest BCUT2D eigenvalue weighted by atomic mass is 16.3. The summed E-state index contributed by atoms with van der Waals surface area (Å²) >= 11 is 0. The largest absolute Gasteiger partial charge is 0.396 e. The van der Waals surface area contributed by atoms with E-state index in [1.165, 1.54) is 6.42 Å². The maximum Gasteiger partial charge on any atom is 0.0683 e. The molecule has 0 aromatic heterocycles. The molecule has 1 saturated heterocycles. The Morgan fingerprint density at radius 2 is 2.19 bits per heavy atom. The third-order valence-electron chi connectivity index (χ3n) is 3.46. The van der Waals surface area contributed by atoms with Gasteiger partial charge in [-0.1, -0.05) is 6.42 Å². The molecule has 0 aromatic carbocycles. The zero-order valence-corrected chi connectivity index (χ0v) is 10.6. The van der Waals surface area contributed by atoms with E-state index in [4.69, 9.17) is 10.4 Å². The molecule has 1 atom stereocenters. The van der Waals surface area contributed by atoms with E-state index in [2.05, 4.69) is 11.0 Å². The summed E-state index contributed by atoms with van der Waals surface area (Å²) in [4.78, 5) is 2.43. The second kappa shape index (κ2) is 6.22. The van der Waals surface area contributed by atoms with Crippen LogP contribution in [0.1, 0.15) is 39.5 Å². The Kier molecular flexibility index (Phi) is 5.24. The van der Waals surface area contributed by atoms with Crippen LogP contribution in [0.5, 0.6) is 0 Å². The molecule has 0 aliphatic carbocycles. The van der Waals surface area contributed by atoms with E-state index in [1.807, 2.05) is 13.8 Å². The molecule has 1 aliphatic rings. The smallest absolute Gasteiger partial charge is 0.0683 e. The fraction of sp³-hybridized carbons (Fsp3) is 0.923. The van der Waals surface area contributed by atoms with Crippen molar-refractivity contribution in [2.75, 3.05) is 26.2 Å². The molecule has 1 aliphatic heterocycles. The normalized spacial score (nSPS) is 22.2. The van der Waals surface area contributed by atoms with Gasteiger partial charge in [-0.25, -0.2) is 0 Å². The van der Waals surface area contributed by atoms with Crippen LogP contribution in [0, 0.1) is 22.7 Å². The van der Waals surface area contributed by atoms with Gasteiger partial charge in [0.2, 0.25) is 0 Å². The standard InChI is InChI=1S/C13H24N2O/c1-13(2,11-14)6-3-4-7-15-8-5-12(9-15)10-16/h12,16H,3-10H2,1-2H3. The molecule has 3 nitrogen and oxygen atoms in total. The first-order chi connectivity index (χ1) is 7.57. The molecule has 92 valence electrons. The van der Waals surface area contributed by atoms with Crippen molar-refractivity contribution in [3.05, 3.63) is 0 Å². The van der Waals surface area contributed by atoms with Gasteiger partial charge in [-0.2, -0.15) is 5.26 Å². The van der Waals surface area contributed by atoms with Crippen LogP contribution < -0.4 is 0 Å². The lowest BCUT2D eigenvalue weighted by Gasteiger charge is -2.18. The van der Waals surface area contributed by atoms with E-state index in [0.29, 0.717) is 12.5 Å². The van der Waals surface area contributed by atoms with Crippen LogP contribution in [0.15, 0.2) is 0 Å². The Morgan fingerprint density at radius 3 is 2.75 bits per heavy atom. The maximum atomic E-state index is 9.03. The molecular formula is C13H24N2O. The van der Waals surface area contributed by atoms with Crippen LogP contribution in [0.2, 0.25) is 0 Å². The quantitative estimate of drug-likeness (QED) is 0.702. The second-order valence-electron chi connectivity index (χ2n) is 5.59. The molecule has 1 fully saturated rings. The zero-order valence-electron chi connectivity index (χ0n) is 10.6. The van der Waals surface area contributed by atoms with Crippen molar-refractivity contribution < 1.29 is 5.11 Å². The number of aliphatic hydroxyl groups is 1. The molecule has 1 N–H and O–H groups in total. The van der Waals surface area contributed by atoms with Gasteiger partial charge in [-0.3, -0.25) is 0 Å². The fourth-order valence-corrected chi connectivity index (χ4v) is 2.22. The van der Waals surface area contributed by atoms with Crippen LogP contribution in [-0.2, 0) is 0 Å². The summed E-state index contributed by atoms with van der Waals surface area (Å²) < 4.78 is 0. The molecule has 16 heavy (non-hydrogen) atoms. The van der Waals surface area contributed by atoms with E-state index in [1.54, 1.807) is 0 Å². The highest BCUT2D eigenvalue weighted by molar-refractivity contribution is 4.91. The summed E-state index contributed by atoms with van der Waals surface area (Å²) in [6.45, 7) is 7.65. The topological polar surface area (TPSA) is 47.3 Å². The third kappa shape index (κ3) is 4.51. The Balaban J connectivity index is 2.07. The summed E-state index contributed by atoms with van der Waals surface area (Å²) in [7, 11) is 0. The van der Waals surface area contributed by atoms with Gasteiger partial charge >= 0.3 is 0 Å². The van der Waals surface area contributed by atoms with Gasteiger partial charge in [0.15, 0.2) is 0 Å². The second-order valence-corrected chi connectivity index (χ2v) is 5.59. The number of nitriles is 1. The highest BCUT2D eigenvalue weighted by Crippen LogP contribution is 2.22. The van der Waals surface area contributed by atoms with E-state index in [0.717, 1.165) is 38.9 Å². The minimum atomic E-state index is -0.168. The van der Waals surface area contributed by atoms with Crippen LogP contribution in [0.3, 0.4) is 0 Å². The average molecular weight is 224 g/mol. The lowest BCUT2D eigenvalue weighted by Crippen LogP contribution is -2.23. The number of nitrogens with zero attached hydrogens (tertiary/aromatic N) is 2. The number of aliphatic hydroxyl groups excluding tert-OH is 1. The van der Waals surface area contributed by atoms with Crippen molar-refractivity contribution in [1.29, 1.82) is 5.26 Å². The van der Waals surface area contributed by atoms with Gasteiger partial charge < -0.3 is 10.0 Å². The van der Waals surface area contributed by atoms with Gasteiger partial charge in [-0.05, 0) is 52.1 Å². The van der Waals surface area contributed by atoms with Crippen LogP contribution in [0.25, 0.3) is 0 Å². The molecule has 0 saturated carbocycles. The van der Waals surface area contributed by atoms with Crippen molar-refractivity contribution in [3.8, 4) is 6.07 Å². The Bertz CT molecular complexity index is 245. The Hall–Kier alpha value is -0.590. The number of hydrogen-bond acceptors (Lipinski definition) is 3. The van der Waals surface area contributed by atoms with Gasteiger partial charge in [0.1, 0.15) is 0 Å². The van der Waals surface area contributed by atoms with Gasteiger partial charge in [0, 0.05) is 13.2 Å². The van der Waals surface area contributed by atoms with Crippen molar-refractivity contribution in [2.45, 2.75) is 39.5 Å². The van der Waals surface area contributed by atoms with Gasteiger partial charge in [-0.15, -0.1) is 0 Å². The zero-order chi connectivity index (χ0) is 12.0. The van der Waals surface area contributed by atoms with Gasteiger partial charge in [0.25, 0.3) is 0 Å². The Morgan fingerprint density at radius 1 is 1.44 bits per heavy atom. The van der Waals surface area contributed by atoms with Crippen LogP contribution in [0.4, 0.5) is 0 Å². The van der Waals surface area contributed by atoms with E-state index >= 15 is 0 Å². The fourth-order valence-electron chi connectivity index (χ4n) is 2.22. The highest BCUT2D eigenvalue weighted by Gasteiger charge is 2.21. The SMILES string of the molecule is CC(C)(C#N)CCCCN1CCC(CO)C1. The van der Waals surface area contributed by atoms with Gasteiger partial charge in [0.05, 0.1) is 11.5 Å². The molecule has 1 rings (SSSR count). The molecule has 0 aromatic rings. The molecule has 3 heteroatoms. The molecule has 1 heterocycles. The summed E-state index contributed by atoms with van der Waals surface area (Å²) in [6, 6.07) is 2.34. The summed E-state index contributed by atoms with van der Waals surface area (Å²) in [5, 5.41) is 17.9. The first-order valence-corrected chi connectivity index (χ1v) is 6.32. The molecule has 0 bridgehead atoms. The number of unbranched alkanes of at least 4 members (excludes halogenated alkanes) is 1. The lowest BCUT2D eigenvalue weighted by atomic mass is 9.89. The molecule has 1 unspecified atom stereocenters. The van der Waals surface area contributed by atoms with Crippen molar-refractivity contribution in [2.24, 2.45) is 11.3 Å². The number of likely N-dealkylation sites (tertiary alicyclic amines) is 1. The summed E-state index contributed by atoms with van der Waals surface area (Å²) in [6.07, 6.45) is 4.42. The summed E-state index contributed by atoms with van der Waals surface area (Å²) in [5.74, 6) is 0.496. The van der Waals surface area contributed by atoms with Crippen molar-refractivity contribution in [3.63, 3.8) is 0 Å². The molecule has 0 radical (unpaired) electrons. The minimum absolute atomic E-state index is 0.168. The average Bonchev–Trinajstić information content (AvgIpc) is 2.72. The third-order valence-corrected chi connectivity index (χ3v) is 3.46. The summed E-state index contributed by atoms with van der Waals surface area (Å²) in [5.41, 5.74) is -0.168. The first-order valence-electron chi connectivity index (χ1n) is 6.32. The number of hydrogen-bond donors (Lipinski definition) is 1. The maximum absolute atomic E-state index is 9.03. The molecule has 0 amide bonds. The van der Waals surface area contributed by atoms with Crippen LogP contribution >= 0.6 is 0 Å². The number of rotatable bonds is 6. The van der Waals surface area contributed by atoms with Crippen molar-refractivity contribution >= 4 is 0 Å². The molecular weight excluding hydrogens is 200 g/mol. The van der Waals surface area contributed by atoms with Crippen LogP contribution in [-0.4, -0.2) is 36.2 Å². The van der Waals surface area contributed by atoms with Crippen molar-refractivity contribution in [1.82, 2.24) is 4.90 Å². The predicted molar refractivity (Wildman–Crippen MR) is 64.9 cm³/mol. The first kappa shape index (κ1) is 13.5. The lowest BCUT2D eigenvalue weighted by molar-refractivity contribution is 0.220. The van der Waals surface area contributed by atoms with E-state index in [9.17, 15) is 0 Å². The van der Waals surface area contributed by atoms with E-state index in [-0.39, 0.29) is 5.41 Å².